The van der Waals surface area contributed by atoms with Gasteiger partial charge in [-0.1, -0.05) is 59.6 Å². The number of benzene rings is 2. The fourth-order valence-electron chi connectivity index (χ4n) is 5.06. The van der Waals surface area contributed by atoms with Crippen LogP contribution in [0.1, 0.15) is 53.3 Å². The minimum absolute atomic E-state index is 0.0168. The summed E-state index contributed by atoms with van der Waals surface area (Å²) in [4.78, 5) is 28.3. The van der Waals surface area contributed by atoms with Crippen molar-refractivity contribution in [2.75, 3.05) is 19.7 Å². The molecule has 0 bridgehead atoms. The van der Waals surface area contributed by atoms with Crippen LogP contribution in [0.3, 0.4) is 0 Å². The van der Waals surface area contributed by atoms with Crippen LogP contribution in [0.15, 0.2) is 60.9 Å². The quantitative estimate of drug-likeness (QED) is 0.0958. The molecule has 1 aromatic heterocycles. The molecule has 2 aliphatic rings. The molecule has 2 atom stereocenters. The lowest BCUT2D eigenvalue weighted by Crippen LogP contribution is -2.41. The number of carbonyl (C=O) groups excluding carboxylic acids is 2. The average molecular weight is 635 g/mol. The minimum atomic E-state index is -3.06. The van der Waals surface area contributed by atoms with Gasteiger partial charge in [-0.3, -0.25) is 14.5 Å². The molecule has 8 nitrogen and oxygen atoms in total. The van der Waals surface area contributed by atoms with Crippen molar-refractivity contribution in [3.05, 3.63) is 92.9 Å². The van der Waals surface area contributed by atoms with Crippen LogP contribution in [-0.2, 0) is 16.0 Å². The van der Waals surface area contributed by atoms with Gasteiger partial charge in [0, 0.05) is 17.5 Å². The summed E-state index contributed by atoms with van der Waals surface area (Å²) in [5.41, 5.74) is 1.34. The maximum atomic E-state index is 13.6. The third kappa shape index (κ3) is 8.13. The van der Waals surface area contributed by atoms with E-state index in [1.807, 2.05) is 6.07 Å². The van der Waals surface area contributed by atoms with Gasteiger partial charge in [0.05, 0.1) is 13.2 Å². The number of halogens is 4. The molecule has 2 fully saturated rings. The van der Waals surface area contributed by atoms with Crippen molar-refractivity contribution in [1.29, 1.82) is 0 Å². The Morgan fingerprint density at radius 2 is 1.74 bits per heavy atom. The Morgan fingerprint density at radius 3 is 2.42 bits per heavy atom. The molecule has 1 saturated carbocycles. The Bertz CT molecular complexity index is 1430. The van der Waals surface area contributed by atoms with Crippen molar-refractivity contribution in [2.45, 2.75) is 50.9 Å². The number of Topliss-reactive ketones (excluding diaryl/α,β-unsaturated/α-hetero) is 1. The van der Waals surface area contributed by atoms with Crippen LogP contribution in [-0.4, -0.2) is 49.0 Å². The van der Waals surface area contributed by atoms with E-state index >= 15 is 0 Å². The zero-order valence-electron chi connectivity index (χ0n) is 23.1. The van der Waals surface area contributed by atoms with Gasteiger partial charge in [-0.25, -0.2) is 0 Å². The lowest BCUT2D eigenvalue weighted by molar-refractivity contribution is -0.605. The lowest BCUT2D eigenvalue weighted by atomic mass is 10.0. The number of esters is 1. The van der Waals surface area contributed by atoms with Gasteiger partial charge in [0.15, 0.2) is 29.7 Å². The molecule has 5 rings (SSSR count). The number of ether oxygens (including phenoxy) is 3. The van der Waals surface area contributed by atoms with E-state index in [2.05, 4.69) is 4.74 Å². The molecule has 1 aliphatic carbocycles. The Hall–Kier alpha value is -3.47. The number of hydrogen-bond donors (Lipinski definition) is 0. The van der Waals surface area contributed by atoms with Gasteiger partial charge in [0.2, 0.25) is 0 Å². The zero-order chi connectivity index (χ0) is 30.5. The second-order valence-corrected chi connectivity index (χ2v) is 11.5. The Labute approximate surface area is 257 Å². The normalized spacial score (nSPS) is 17.6. The Balaban J connectivity index is 1.41. The van der Waals surface area contributed by atoms with Crippen molar-refractivity contribution in [3.8, 4) is 11.5 Å². The molecule has 2 aromatic carbocycles. The molecule has 12 heteroatoms. The summed E-state index contributed by atoms with van der Waals surface area (Å²) in [6, 6.07) is 12.5. The molecule has 0 amide bonds. The van der Waals surface area contributed by atoms with E-state index in [1.165, 1.54) is 18.2 Å². The van der Waals surface area contributed by atoms with Crippen molar-refractivity contribution >= 4 is 35.0 Å². The molecule has 43 heavy (non-hydrogen) atoms. The number of rotatable bonds is 13. The smallest absolute Gasteiger partial charge is 0.387 e. The highest BCUT2D eigenvalue weighted by Crippen LogP contribution is 2.38. The standard InChI is InChI=1S/C31H30Cl2F2N2O6/c32-23-15-37(40)16-24(33)22(23)14-28(21-10-11-27(43-31(34)35)29(13-21)41-18-19-8-9-19)42-30(39)25-7-4-12-36(25)17-26(38)20-5-2-1-3-6-20/h1-3,5-6,10-11,13,15-16,19,25,28,31H,4,7-9,12,14,17-18H2. The Morgan fingerprint density at radius 1 is 1.02 bits per heavy atom. The molecule has 3 aromatic rings. The van der Waals surface area contributed by atoms with Gasteiger partial charge in [-0.05, 0) is 55.8 Å². The van der Waals surface area contributed by atoms with Crippen LogP contribution in [0.4, 0.5) is 8.78 Å². The summed E-state index contributed by atoms with van der Waals surface area (Å²) in [5, 5.41) is 12.0. The average Bonchev–Trinajstić information content (AvgIpc) is 3.69. The van der Waals surface area contributed by atoms with E-state index in [-0.39, 0.29) is 40.3 Å². The highest BCUT2D eigenvalue weighted by Gasteiger charge is 2.35. The highest BCUT2D eigenvalue weighted by atomic mass is 35.5. The van der Waals surface area contributed by atoms with Gasteiger partial charge >= 0.3 is 12.6 Å². The lowest BCUT2D eigenvalue weighted by Gasteiger charge is -2.26. The topological polar surface area (TPSA) is 92.0 Å². The van der Waals surface area contributed by atoms with Crippen LogP contribution in [0.5, 0.6) is 11.5 Å². The molecule has 0 radical (unpaired) electrons. The predicted molar refractivity (Wildman–Crippen MR) is 155 cm³/mol. The van der Waals surface area contributed by atoms with E-state index in [1.54, 1.807) is 29.2 Å². The SMILES string of the molecule is O=C(CN1CCCC1C(=O)OC(Cc1c(Cl)c[n+]([O-])cc1Cl)c1ccc(OC(F)F)c(OCC2CC2)c1)c1ccccc1. The maximum Gasteiger partial charge on any atom is 0.387 e. The molecule has 1 aliphatic heterocycles. The van der Waals surface area contributed by atoms with Crippen molar-refractivity contribution in [1.82, 2.24) is 4.90 Å². The first kappa shape index (κ1) is 31.0. The number of likely N-dealkylation sites (tertiary alicyclic amines) is 1. The van der Waals surface area contributed by atoms with Crippen molar-refractivity contribution < 1.29 is 37.3 Å². The first-order valence-electron chi connectivity index (χ1n) is 14.0. The van der Waals surface area contributed by atoms with Gasteiger partial charge in [-0.15, -0.1) is 0 Å². The largest absolute Gasteiger partial charge is 0.619 e. The second kappa shape index (κ2) is 13.9. The molecule has 2 heterocycles. The van der Waals surface area contributed by atoms with Crippen LogP contribution >= 0.6 is 23.2 Å². The number of carbonyl (C=O) groups is 2. The first-order valence-corrected chi connectivity index (χ1v) is 14.7. The van der Waals surface area contributed by atoms with E-state index in [4.69, 9.17) is 32.7 Å². The maximum absolute atomic E-state index is 13.6. The van der Waals surface area contributed by atoms with Crippen LogP contribution < -0.4 is 14.2 Å². The van der Waals surface area contributed by atoms with E-state index in [0.717, 1.165) is 25.2 Å². The summed E-state index contributed by atoms with van der Waals surface area (Å²) in [7, 11) is 0. The summed E-state index contributed by atoms with van der Waals surface area (Å²) in [6.07, 6.45) is 4.44. The summed E-state index contributed by atoms with van der Waals surface area (Å²) >= 11 is 12.7. The molecule has 0 N–H and O–H groups in total. The first-order chi connectivity index (χ1) is 20.7. The molecular formula is C31H30Cl2F2N2O6. The van der Waals surface area contributed by atoms with E-state index in [9.17, 15) is 23.6 Å². The zero-order valence-corrected chi connectivity index (χ0v) is 24.6. The van der Waals surface area contributed by atoms with Gasteiger partial charge in [-0.2, -0.15) is 13.5 Å². The van der Waals surface area contributed by atoms with Crippen LogP contribution in [0.25, 0.3) is 0 Å². The number of ketones is 1. The van der Waals surface area contributed by atoms with Gasteiger partial charge < -0.3 is 19.4 Å². The minimum Gasteiger partial charge on any atom is -0.619 e. The third-order valence-corrected chi connectivity index (χ3v) is 8.16. The number of aromatic nitrogens is 1. The fraction of sp³-hybridized carbons (Fsp3) is 0.387. The fourth-order valence-corrected chi connectivity index (χ4v) is 5.66. The number of nitrogens with zero attached hydrogens (tertiary/aromatic N) is 2. The van der Waals surface area contributed by atoms with Crippen molar-refractivity contribution in [3.63, 3.8) is 0 Å². The van der Waals surface area contributed by atoms with Gasteiger partial charge in [0.1, 0.15) is 22.2 Å². The van der Waals surface area contributed by atoms with Gasteiger partial charge in [0.25, 0.3) is 0 Å². The monoisotopic (exact) mass is 634 g/mol. The van der Waals surface area contributed by atoms with E-state index < -0.39 is 24.7 Å². The second-order valence-electron chi connectivity index (χ2n) is 10.7. The van der Waals surface area contributed by atoms with Crippen molar-refractivity contribution in [2.24, 2.45) is 5.92 Å². The Kier molecular flexibility index (Phi) is 10.00. The number of hydrogen-bond acceptors (Lipinski definition) is 7. The molecular weight excluding hydrogens is 605 g/mol. The predicted octanol–water partition coefficient (Wildman–Crippen LogP) is 6.19. The molecule has 0 spiro atoms. The third-order valence-electron chi connectivity index (χ3n) is 7.51. The number of alkyl halides is 2. The van der Waals surface area contributed by atoms with Crippen LogP contribution in [0.2, 0.25) is 10.0 Å². The van der Waals surface area contributed by atoms with E-state index in [0.29, 0.717) is 53.3 Å². The molecule has 228 valence electrons. The summed E-state index contributed by atoms with van der Waals surface area (Å²) in [6.45, 7) is -2.13. The summed E-state index contributed by atoms with van der Waals surface area (Å²) < 4.78 is 43.3. The molecule has 2 unspecified atom stereocenters. The number of pyridine rings is 1. The summed E-state index contributed by atoms with van der Waals surface area (Å²) in [5.74, 6) is -0.390. The highest BCUT2D eigenvalue weighted by molar-refractivity contribution is 6.35. The van der Waals surface area contributed by atoms with Crippen LogP contribution in [0, 0.1) is 11.1 Å². The molecule has 1 saturated heterocycles.